The van der Waals surface area contributed by atoms with Gasteiger partial charge >= 0.3 is 0 Å². The first kappa shape index (κ1) is 16.6. The van der Waals surface area contributed by atoms with Gasteiger partial charge < -0.3 is 0 Å². The number of halogens is 2. The first-order valence-electron chi connectivity index (χ1n) is 7.23. The minimum absolute atomic E-state index is 0.0683. The molecule has 1 heterocycles. The predicted octanol–water partition coefficient (Wildman–Crippen LogP) is 5.47. The Kier molecular flexibility index (Phi) is 4.64. The lowest BCUT2D eigenvalue weighted by Crippen LogP contribution is -2.12. The van der Waals surface area contributed by atoms with Crippen LogP contribution in [0.1, 0.15) is 21.5 Å². The second kappa shape index (κ2) is 6.71. The van der Waals surface area contributed by atoms with Gasteiger partial charge in [-0.25, -0.2) is 9.37 Å². The van der Waals surface area contributed by atoms with E-state index in [1.54, 1.807) is 0 Å². The molecule has 1 aromatic heterocycles. The highest BCUT2D eigenvalue weighted by Gasteiger charge is 2.14. The van der Waals surface area contributed by atoms with E-state index < -0.39 is 11.7 Å². The Hall–Kier alpha value is -2.24. The van der Waals surface area contributed by atoms with Crippen LogP contribution in [0.25, 0.3) is 11.3 Å². The zero-order chi connectivity index (χ0) is 17.3. The van der Waals surface area contributed by atoms with Crippen LogP contribution in [-0.4, -0.2) is 10.9 Å². The SMILES string of the molecule is Cc1ccc(C)c(-c2csc(NC(=O)c3ccc(F)cc3Cl)n2)c1. The number of rotatable bonds is 3. The van der Waals surface area contributed by atoms with Crippen LogP contribution in [0.2, 0.25) is 5.02 Å². The van der Waals surface area contributed by atoms with E-state index in [-0.39, 0.29) is 10.6 Å². The summed E-state index contributed by atoms with van der Waals surface area (Å²) in [5.74, 6) is -0.898. The molecule has 1 N–H and O–H groups in total. The first-order valence-corrected chi connectivity index (χ1v) is 8.49. The molecule has 24 heavy (non-hydrogen) atoms. The van der Waals surface area contributed by atoms with Gasteiger partial charge in [-0.3, -0.25) is 10.1 Å². The van der Waals surface area contributed by atoms with Crippen molar-refractivity contribution in [3.63, 3.8) is 0 Å². The minimum Gasteiger partial charge on any atom is -0.298 e. The second-order valence-electron chi connectivity index (χ2n) is 5.43. The normalized spacial score (nSPS) is 10.7. The number of hydrogen-bond acceptors (Lipinski definition) is 3. The van der Waals surface area contributed by atoms with E-state index in [1.807, 2.05) is 31.4 Å². The Morgan fingerprint density at radius 3 is 2.75 bits per heavy atom. The molecule has 0 atom stereocenters. The van der Waals surface area contributed by atoms with Crippen molar-refractivity contribution in [2.45, 2.75) is 13.8 Å². The van der Waals surface area contributed by atoms with Crippen molar-refractivity contribution >= 4 is 34.0 Å². The summed E-state index contributed by atoms with van der Waals surface area (Å²) >= 11 is 7.24. The average Bonchev–Trinajstić information content (AvgIpc) is 2.97. The summed E-state index contributed by atoms with van der Waals surface area (Å²) in [5, 5.41) is 5.13. The summed E-state index contributed by atoms with van der Waals surface area (Å²) in [6, 6.07) is 9.81. The van der Waals surface area contributed by atoms with Gasteiger partial charge in [-0.05, 0) is 43.7 Å². The van der Waals surface area contributed by atoms with Gasteiger partial charge in [0.2, 0.25) is 0 Å². The van der Waals surface area contributed by atoms with E-state index in [2.05, 4.69) is 16.4 Å². The van der Waals surface area contributed by atoms with Crippen LogP contribution >= 0.6 is 22.9 Å². The van der Waals surface area contributed by atoms with Crippen molar-refractivity contribution < 1.29 is 9.18 Å². The first-order chi connectivity index (χ1) is 11.4. The molecule has 3 aromatic rings. The molecule has 3 nitrogen and oxygen atoms in total. The Morgan fingerprint density at radius 2 is 2.00 bits per heavy atom. The van der Waals surface area contributed by atoms with E-state index in [0.29, 0.717) is 5.13 Å². The zero-order valence-electron chi connectivity index (χ0n) is 13.1. The summed E-state index contributed by atoms with van der Waals surface area (Å²) in [6.07, 6.45) is 0. The van der Waals surface area contributed by atoms with Crippen LogP contribution in [0.15, 0.2) is 41.8 Å². The number of carbonyl (C=O) groups excluding carboxylic acids is 1. The number of aromatic nitrogens is 1. The number of carbonyl (C=O) groups is 1. The van der Waals surface area contributed by atoms with Gasteiger partial charge in [0.15, 0.2) is 5.13 Å². The predicted molar refractivity (Wildman–Crippen MR) is 96.4 cm³/mol. The Balaban J connectivity index is 1.83. The molecule has 0 spiro atoms. The van der Waals surface area contributed by atoms with E-state index in [9.17, 15) is 9.18 Å². The van der Waals surface area contributed by atoms with E-state index in [1.165, 1.54) is 23.5 Å². The quantitative estimate of drug-likeness (QED) is 0.672. The number of nitrogens with zero attached hydrogens (tertiary/aromatic N) is 1. The van der Waals surface area contributed by atoms with E-state index in [0.717, 1.165) is 28.5 Å². The largest absolute Gasteiger partial charge is 0.298 e. The fraction of sp³-hybridized carbons (Fsp3) is 0.111. The van der Waals surface area contributed by atoms with Gasteiger partial charge in [-0.15, -0.1) is 11.3 Å². The maximum atomic E-state index is 13.1. The number of benzene rings is 2. The third-order valence-corrected chi connectivity index (χ3v) is 4.64. The monoisotopic (exact) mass is 360 g/mol. The fourth-order valence-electron chi connectivity index (χ4n) is 2.30. The maximum absolute atomic E-state index is 13.1. The summed E-state index contributed by atoms with van der Waals surface area (Å²) in [6.45, 7) is 4.04. The van der Waals surface area contributed by atoms with Crippen molar-refractivity contribution in [1.82, 2.24) is 4.98 Å². The van der Waals surface area contributed by atoms with E-state index in [4.69, 9.17) is 11.6 Å². The van der Waals surface area contributed by atoms with Crippen molar-refractivity contribution in [3.05, 3.63) is 69.3 Å². The molecule has 1 amide bonds. The highest BCUT2D eigenvalue weighted by atomic mass is 35.5. The molecule has 0 fully saturated rings. The molecule has 122 valence electrons. The molecule has 0 unspecified atom stereocenters. The lowest BCUT2D eigenvalue weighted by molar-refractivity contribution is 0.102. The zero-order valence-corrected chi connectivity index (χ0v) is 14.6. The summed E-state index contributed by atoms with van der Waals surface area (Å²) in [4.78, 5) is 16.7. The Labute approximate surface area is 148 Å². The summed E-state index contributed by atoms with van der Waals surface area (Å²) in [7, 11) is 0. The molecule has 0 saturated heterocycles. The van der Waals surface area contributed by atoms with Gasteiger partial charge in [-0.1, -0.05) is 29.3 Å². The van der Waals surface area contributed by atoms with E-state index >= 15 is 0 Å². The van der Waals surface area contributed by atoms with Crippen LogP contribution < -0.4 is 5.32 Å². The molecule has 6 heteroatoms. The molecular formula is C18H14ClFN2OS. The van der Waals surface area contributed by atoms with Crippen LogP contribution in [-0.2, 0) is 0 Å². The number of nitrogens with one attached hydrogen (secondary N) is 1. The lowest BCUT2D eigenvalue weighted by atomic mass is 10.0. The van der Waals surface area contributed by atoms with Crippen molar-refractivity contribution in [2.24, 2.45) is 0 Å². The highest BCUT2D eigenvalue weighted by molar-refractivity contribution is 7.14. The van der Waals surface area contributed by atoms with Crippen molar-refractivity contribution in [2.75, 3.05) is 5.32 Å². The van der Waals surface area contributed by atoms with Gasteiger partial charge in [0, 0.05) is 10.9 Å². The topological polar surface area (TPSA) is 42.0 Å². The summed E-state index contributed by atoms with van der Waals surface area (Å²) in [5.41, 5.74) is 4.31. The van der Waals surface area contributed by atoms with Crippen LogP contribution in [0, 0.1) is 19.7 Å². The molecule has 2 aromatic carbocycles. The molecule has 0 saturated carbocycles. The molecular weight excluding hydrogens is 347 g/mol. The Bertz CT molecular complexity index is 923. The average molecular weight is 361 g/mol. The standard InChI is InChI=1S/C18H14ClFN2OS/c1-10-3-4-11(2)14(7-10)16-9-24-18(21-16)22-17(23)13-6-5-12(20)8-15(13)19/h3-9H,1-2H3,(H,21,22,23). The van der Waals surface area contributed by atoms with Crippen LogP contribution in [0.3, 0.4) is 0 Å². The van der Waals surface area contributed by atoms with Crippen molar-refractivity contribution in [1.29, 1.82) is 0 Å². The number of thiazole rings is 1. The smallest absolute Gasteiger partial charge is 0.258 e. The number of aryl methyl sites for hydroxylation is 2. The third kappa shape index (κ3) is 3.47. The number of hydrogen-bond donors (Lipinski definition) is 1. The molecule has 0 aliphatic heterocycles. The lowest BCUT2D eigenvalue weighted by Gasteiger charge is -2.05. The number of amides is 1. The molecule has 0 bridgehead atoms. The van der Waals surface area contributed by atoms with Gasteiger partial charge in [-0.2, -0.15) is 0 Å². The molecule has 0 radical (unpaired) electrons. The highest BCUT2D eigenvalue weighted by Crippen LogP contribution is 2.29. The third-order valence-electron chi connectivity index (χ3n) is 3.57. The number of anilines is 1. The maximum Gasteiger partial charge on any atom is 0.258 e. The van der Waals surface area contributed by atoms with Gasteiger partial charge in [0.05, 0.1) is 16.3 Å². The van der Waals surface area contributed by atoms with Gasteiger partial charge in [0.25, 0.3) is 5.91 Å². The second-order valence-corrected chi connectivity index (χ2v) is 6.70. The molecule has 3 rings (SSSR count). The molecule has 0 aliphatic carbocycles. The van der Waals surface area contributed by atoms with Crippen molar-refractivity contribution in [3.8, 4) is 11.3 Å². The fourth-order valence-corrected chi connectivity index (χ4v) is 3.26. The van der Waals surface area contributed by atoms with Crippen LogP contribution in [0.5, 0.6) is 0 Å². The minimum atomic E-state index is -0.483. The van der Waals surface area contributed by atoms with Crippen LogP contribution in [0.4, 0.5) is 9.52 Å². The molecule has 0 aliphatic rings. The Morgan fingerprint density at radius 1 is 1.21 bits per heavy atom. The summed E-state index contributed by atoms with van der Waals surface area (Å²) < 4.78 is 13.1. The van der Waals surface area contributed by atoms with Gasteiger partial charge in [0.1, 0.15) is 5.82 Å².